The second kappa shape index (κ2) is 11.8. The fraction of sp³-hybridized carbons (Fsp3) is 0.367. The second-order valence-corrected chi connectivity index (χ2v) is 10.3. The van der Waals surface area contributed by atoms with Crippen molar-refractivity contribution in [3.8, 4) is 11.5 Å². The summed E-state index contributed by atoms with van der Waals surface area (Å²) in [6, 6.07) is 17.7. The third kappa shape index (κ3) is 6.55. The smallest absolute Gasteiger partial charge is 0.239 e. The maximum absolute atomic E-state index is 12.6. The number of hydrogen-bond acceptors (Lipinski definition) is 7. The predicted molar refractivity (Wildman–Crippen MR) is 156 cm³/mol. The van der Waals surface area contributed by atoms with E-state index in [4.69, 9.17) is 9.72 Å². The first kappa shape index (κ1) is 26.6. The maximum Gasteiger partial charge on any atom is 0.239 e. The molecular weight excluding hydrogens is 490 g/mol. The standard InChI is InChI=1S/C30H37N7O2/c1-5-36-13-15-37(16-14-36)20-29(38)34-28-19-25(11-12-31-28)39-24-9-10-27-26(18-24)33-30(35(27)4)32-23-8-6-7-22(17-23)21(2)3/h6-12,17-19,21H,5,13-16,20H2,1-4H3,(H,32,33)(H,31,34,38). The summed E-state index contributed by atoms with van der Waals surface area (Å²) >= 11 is 0. The number of likely N-dealkylation sites (N-methyl/N-ethyl adjacent to an activating group) is 1. The van der Waals surface area contributed by atoms with E-state index >= 15 is 0 Å². The minimum absolute atomic E-state index is 0.0709. The van der Waals surface area contributed by atoms with Crippen molar-refractivity contribution in [2.45, 2.75) is 26.7 Å². The van der Waals surface area contributed by atoms with Gasteiger partial charge >= 0.3 is 0 Å². The highest BCUT2D eigenvalue weighted by molar-refractivity contribution is 5.91. The fourth-order valence-corrected chi connectivity index (χ4v) is 4.79. The highest BCUT2D eigenvalue weighted by Crippen LogP contribution is 2.29. The Balaban J connectivity index is 1.23. The zero-order chi connectivity index (χ0) is 27.4. The number of hydrogen-bond donors (Lipinski definition) is 2. The molecule has 1 saturated heterocycles. The Morgan fingerprint density at radius 1 is 1.00 bits per heavy atom. The Morgan fingerprint density at radius 3 is 2.54 bits per heavy atom. The van der Waals surface area contributed by atoms with Gasteiger partial charge in [0.05, 0.1) is 17.6 Å². The van der Waals surface area contributed by atoms with E-state index in [1.165, 1.54) is 5.56 Å². The van der Waals surface area contributed by atoms with Crippen LogP contribution in [0, 0.1) is 0 Å². The number of fused-ring (bicyclic) bond motifs is 1. The molecule has 0 radical (unpaired) electrons. The van der Waals surface area contributed by atoms with E-state index in [0.717, 1.165) is 55.4 Å². The summed E-state index contributed by atoms with van der Waals surface area (Å²) in [4.78, 5) is 26.3. The molecular formula is C30H37N7O2. The topological polar surface area (TPSA) is 87.5 Å². The molecule has 9 nitrogen and oxygen atoms in total. The summed E-state index contributed by atoms with van der Waals surface area (Å²) in [6.07, 6.45) is 1.64. The number of aryl methyl sites for hydroxylation is 1. The molecule has 1 aliphatic heterocycles. The third-order valence-corrected chi connectivity index (χ3v) is 7.18. The average Bonchev–Trinajstić information content (AvgIpc) is 3.23. The number of ether oxygens (including phenoxy) is 1. The molecule has 2 aromatic heterocycles. The highest BCUT2D eigenvalue weighted by Gasteiger charge is 2.18. The summed E-state index contributed by atoms with van der Waals surface area (Å²) in [7, 11) is 1.99. The van der Waals surface area contributed by atoms with Crippen molar-refractivity contribution >= 4 is 34.4 Å². The van der Waals surface area contributed by atoms with Crippen molar-refractivity contribution < 1.29 is 9.53 Å². The zero-order valence-corrected chi connectivity index (χ0v) is 23.1. The molecule has 39 heavy (non-hydrogen) atoms. The maximum atomic E-state index is 12.6. The van der Waals surface area contributed by atoms with Gasteiger partial charge in [0.25, 0.3) is 0 Å². The number of carbonyl (C=O) groups excluding carboxylic acids is 1. The number of imidazole rings is 1. The summed E-state index contributed by atoms with van der Waals surface area (Å²) in [5.41, 5.74) is 4.10. The molecule has 0 aliphatic carbocycles. The van der Waals surface area contributed by atoms with Crippen LogP contribution in [-0.4, -0.2) is 69.5 Å². The van der Waals surface area contributed by atoms with Crippen molar-refractivity contribution in [2.75, 3.05) is 49.9 Å². The normalized spacial score (nSPS) is 14.6. The Bertz CT molecular complexity index is 1440. The molecule has 0 spiro atoms. The highest BCUT2D eigenvalue weighted by atomic mass is 16.5. The molecule has 0 atom stereocenters. The van der Waals surface area contributed by atoms with Crippen molar-refractivity contribution in [1.29, 1.82) is 0 Å². The van der Waals surface area contributed by atoms with Gasteiger partial charge in [-0.1, -0.05) is 32.9 Å². The Kier molecular flexibility index (Phi) is 8.09. The first-order valence-corrected chi connectivity index (χ1v) is 13.6. The van der Waals surface area contributed by atoms with E-state index in [-0.39, 0.29) is 5.91 Å². The SMILES string of the molecule is CCN1CCN(CC(=O)Nc2cc(Oc3ccc4c(c3)nc(Nc3cccc(C(C)C)c3)n4C)ccn2)CC1. The lowest BCUT2D eigenvalue weighted by atomic mass is 10.0. The number of pyridine rings is 1. The molecule has 2 aromatic carbocycles. The van der Waals surface area contributed by atoms with Gasteiger partial charge in [0.15, 0.2) is 0 Å². The molecule has 0 saturated carbocycles. The van der Waals surface area contributed by atoms with Gasteiger partial charge in [0.1, 0.15) is 17.3 Å². The van der Waals surface area contributed by atoms with E-state index < -0.39 is 0 Å². The first-order chi connectivity index (χ1) is 18.9. The molecule has 1 amide bonds. The molecule has 1 fully saturated rings. The molecule has 3 heterocycles. The van der Waals surface area contributed by atoms with E-state index in [0.29, 0.717) is 29.8 Å². The zero-order valence-electron chi connectivity index (χ0n) is 23.1. The number of anilines is 3. The number of amides is 1. The van der Waals surface area contributed by atoms with Gasteiger partial charge in [0, 0.05) is 57.2 Å². The molecule has 0 unspecified atom stereocenters. The molecule has 2 N–H and O–H groups in total. The van der Waals surface area contributed by atoms with Crippen LogP contribution in [-0.2, 0) is 11.8 Å². The first-order valence-electron chi connectivity index (χ1n) is 13.6. The summed E-state index contributed by atoms with van der Waals surface area (Å²) in [6.45, 7) is 11.7. The minimum Gasteiger partial charge on any atom is -0.457 e. The molecule has 204 valence electrons. The van der Waals surface area contributed by atoms with Gasteiger partial charge in [-0.05, 0) is 48.4 Å². The van der Waals surface area contributed by atoms with Crippen LogP contribution in [0.4, 0.5) is 17.5 Å². The van der Waals surface area contributed by atoms with Crippen molar-refractivity contribution in [1.82, 2.24) is 24.3 Å². The number of piperazine rings is 1. The lowest BCUT2D eigenvalue weighted by molar-refractivity contribution is -0.117. The number of aromatic nitrogens is 3. The second-order valence-electron chi connectivity index (χ2n) is 10.3. The van der Waals surface area contributed by atoms with Gasteiger partial charge in [-0.2, -0.15) is 0 Å². The van der Waals surface area contributed by atoms with Gasteiger partial charge < -0.3 is 24.8 Å². The molecule has 4 aromatic rings. The fourth-order valence-electron chi connectivity index (χ4n) is 4.79. The molecule has 1 aliphatic rings. The predicted octanol–water partition coefficient (Wildman–Crippen LogP) is 5.20. The van der Waals surface area contributed by atoms with Crippen molar-refractivity contribution in [2.24, 2.45) is 7.05 Å². The van der Waals surface area contributed by atoms with E-state index in [1.807, 2.05) is 35.9 Å². The van der Waals surface area contributed by atoms with Crippen LogP contribution in [0.2, 0.25) is 0 Å². The third-order valence-electron chi connectivity index (χ3n) is 7.18. The molecule has 9 heteroatoms. The van der Waals surface area contributed by atoms with E-state index in [2.05, 4.69) is 64.4 Å². The average molecular weight is 528 g/mol. The van der Waals surface area contributed by atoms with Crippen LogP contribution in [0.1, 0.15) is 32.3 Å². The minimum atomic E-state index is -0.0709. The lowest BCUT2D eigenvalue weighted by Gasteiger charge is -2.33. The van der Waals surface area contributed by atoms with Crippen molar-refractivity contribution in [3.63, 3.8) is 0 Å². The number of nitrogens with zero attached hydrogens (tertiary/aromatic N) is 5. The van der Waals surface area contributed by atoms with Crippen LogP contribution in [0.3, 0.4) is 0 Å². The van der Waals surface area contributed by atoms with Gasteiger partial charge in [0.2, 0.25) is 11.9 Å². The Morgan fingerprint density at radius 2 is 1.77 bits per heavy atom. The van der Waals surface area contributed by atoms with Crippen LogP contribution in [0.25, 0.3) is 11.0 Å². The Hall–Kier alpha value is -3.95. The molecule has 0 bridgehead atoms. The summed E-state index contributed by atoms with van der Waals surface area (Å²) in [5, 5.41) is 6.35. The number of rotatable bonds is 9. The summed E-state index contributed by atoms with van der Waals surface area (Å²) < 4.78 is 8.15. The number of nitrogens with one attached hydrogen (secondary N) is 2. The quantitative estimate of drug-likeness (QED) is 0.309. The van der Waals surface area contributed by atoms with Crippen LogP contribution < -0.4 is 15.4 Å². The Labute approximate surface area is 229 Å². The monoisotopic (exact) mass is 527 g/mol. The van der Waals surface area contributed by atoms with E-state index in [9.17, 15) is 4.79 Å². The number of carbonyl (C=O) groups is 1. The lowest BCUT2D eigenvalue weighted by Crippen LogP contribution is -2.48. The largest absolute Gasteiger partial charge is 0.457 e. The number of benzene rings is 2. The van der Waals surface area contributed by atoms with Crippen LogP contribution in [0.15, 0.2) is 60.8 Å². The van der Waals surface area contributed by atoms with Gasteiger partial charge in [-0.15, -0.1) is 0 Å². The molecule has 5 rings (SSSR count). The van der Waals surface area contributed by atoms with Crippen LogP contribution >= 0.6 is 0 Å². The summed E-state index contributed by atoms with van der Waals surface area (Å²) in [5.74, 6) is 2.86. The van der Waals surface area contributed by atoms with E-state index in [1.54, 1.807) is 18.3 Å². The van der Waals surface area contributed by atoms with Crippen LogP contribution in [0.5, 0.6) is 11.5 Å². The van der Waals surface area contributed by atoms with Gasteiger partial charge in [-0.3, -0.25) is 9.69 Å². The van der Waals surface area contributed by atoms with Crippen molar-refractivity contribution in [3.05, 3.63) is 66.4 Å². The van der Waals surface area contributed by atoms with Gasteiger partial charge in [-0.25, -0.2) is 9.97 Å².